The van der Waals surface area contributed by atoms with Crippen molar-refractivity contribution < 1.29 is 4.79 Å². The Kier molecular flexibility index (Phi) is 4.59. The molecule has 2 aliphatic rings. The molecular formula is C13H26N4O. The fraction of sp³-hybridized carbons (Fsp3) is 0.923. The highest BCUT2D eigenvalue weighted by molar-refractivity contribution is 5.77. The van der Waals surface area contributed by atoms with Crippen molar-refractivity contribution in [3.8, 4) is 0 Å². The van der Waals surface area contributed by atoms with Gasteiger partial charge in [-0.15, -0.1) is 0 Å². The van der Waals surface area contributed by atoms with Gasteiger partial charge in [0.25, 0.3) is 0 Å². The maximum Gasteiger partial charge on any atom is 0.224 e. The fourth-order valence-electron chi connectivity index (χ4n) is 2.91. The Morgan fingerprint density at radius 1 is 1.28 bits per heavy atom. The minimum Gasteiger partial charge on any atom is -0.341 e. The molecule has 2 atom stereocenters. The van der Waals surface area contributed by atoms with Crippen LogP contribution in [0.2, 0.25) is 0 Å². The Hall–Kier alpha value is -0.650. The lowest BCUT2D eigenvalue weighted by Crippen LogP contribution is -2.51. The molecular weight excluding hydrogens is 228 g/mol. The number of hydrogen-bond acceptors (Lipinski definition) is 4. The summed E-state index contributed by atoms with van der Waals surface area (Å²) in [6.45, 7) is 5.16. The van der Waals surface area contributed by atoms with E-state index in [0.717, 1.165) is 39.1 Å². The normalized spacial score (nSPS) is 30.6. The first-order valence-electron chi connectivity index (χ1n) is 6.92. The zero-order valence-electron chi connectivity index (χ0n) is 11.9. The molecule has 5 heteroatoms. The first kappa shape index (κ1) is 13.8. The lowest BCUT2D eigenvalue weighted by molar-refractivity contribution is -0.132. The van der Waals surface area contributed by atoms with Crippen LogP contribution in [-0.4, -0.2) is 86.6 Å². The van der Waals surface area contributed by atoms with Crippen LogP contribution in [0.3, 0.4) is 0 Å². The summed E-state index contributed by atoms with van der Waals surface area (Å²) >= 11 is 0. The van der Waals surface area contributed by atoms with E-state index in [1.807, 2.05) is 11.9 Å². The average Bonchev–Trinajstić information content (AvgIpc) is 2.75. The Bertz CT molecular complexity index is 297. The number of nitrogens with one attached hydrogen (secondary N) is 1. The molecule has 1 N–H and O–H groups in total. The third-order valence-corrected chi connectivity index (χ3v) is 4.19. The molecule has 2 saturated heterocycles. The van der Waals surface area contributed by atoms with E-state index in [9.17, 15) is 4.79 Å². The highest BCUT2D eigenvalue weighted by Crippen LogP contribution is 2.14. The van der Waals surface area contributed by atoms with Gasteiger partial charge in [-0.05, 0) is 27.1 Å². The lowest BCUT2D eigenvalue weighted by atomic mass is 10.1. The monoisotopic (exact) mass is 254 g/mol. The van der Waals surface area contributed by atoms with Gasteiger partial charge in [0, 0.05) is 51.7 Å². The van der Waals surface area contributed by atoms with Crippen LogP contribution in [0.1, 0.15) is 12.8 Å². The summed E-state index contributed by atoms with van der Waals surface area (Å²) in [5.74, 6) is 0.281. The predicted octanol–water partition coefficient (Wildman–Crippen LogP) is -0.557. The van der Waals surface area contributed by atoms with Crippen molar-refractivity contribution in [2.45, 2.75) is 24.9 Å². The molecule has 104 valence electrons. The number of likely N-dealkylation sites (tertiary alicyclic amines) is 1. The van der Waals surface area contributed by atoms with E-state index in [1.165, 1.54) is 0 Å². The van der Waals surface area contributed by atoms with Gasteiger partial charge in [0.05, 0.1) is 0 Å². The van der Waals surface area contributed by atoms with Crippen molar-refractivity contribution in [2.75, 3.05) is 53.9 Å². The molecule has 0 aromatic carbocycles. The molecule has 1 amide bonds. The van der Waals surface area contributed by atoms with E-state index in [1.54, 1.807) is 0 Å². The van der Waals surface area contributed by atoms with Crippen molar-refractivity contribution >= 4 is 5.91 Å². The summed E-state index contributed by atoms with van der Waals surface area (Å²) in [6, 6.07) is 0.724. The van der Waals surface area contributed by atoms with E-state index in [0.29, 0.717) is 18.5 Å². The number of carbonyl (C=O) groups is 1. The summed E-state index contributed by atoms with van der Waals surface area (Å²) in [5.41, 5.74) is 0. The summed E-state index contributed by atoms with van der Waals surface area (Å²) < 4.78 is 0. The van der Waals surface area contributed by atoms with Gasteiger partial charge in [0.15, 0.2) is 0 Å². The van der Waals surface area contributed by atoms with Gasteiger partial charge >= 0.3 is 0 Å². The van der Waals surface area contributed by atoms with Crippen LogP contribution in [0.5, 0.6) is 0 Å². The second kappa shape index (κ2) is 5.99. The molecule has 0 spiro atoms. The maximum atomic E-state index is 12.3. The Morgan fingerprint density at radius 2 is 2.00 bits per heavy atom. The molecule has 2 heterocycles. The smallest absolute Gasteiger partial charge is 0.224 e. The Labute approximate surface area is 110 Å². The van der Waals surface area contributed by atoms with Crippen LogP contribution in [0.25, 0.3) is 0 Å². The van der Waals surface area contributed by atoms with Crippen molar-refractivity contribution in [2.24, 2.45) is 0 Å². The minimum atomic E-state index is 0.281. The highest BCUT2D eigenvalue weighted by atomic mass is 16.2. The second-order valence-electron chi connectivity index (χ2n) is 5.83. The number of likely N-dealkylation sites (N-methyl/N-ethyl adjacent to an activating group) is 3. The first-order valence-corrected chi connectivity index (χ1v) is 6.92. The number of hydrogen-bond donors (Lipinski definition) is 1. The minimum absolute atomic E-state index is 0.281. The SMILES string of the molecule is CN1CCNC(CC(=O)N(C)C2CCN(C)C2)C1. The largest absolute Gasteiger partial charge is 0.341 e. The van der Waals surface area contributed by atoms with E-state index >= 15 is 0 Å². The van der Waals surface area contributed by atoms with Crippen molar-refractivity contribution in [1.82, 2.24) is 20.0 Å². The molecule has 2 fully saturated rings. The quantitative estimate of drug-likeness (QED) is 0.733. The molecule has 0 saturated carbocycles. The summed E-state index contributed by atoms with van der Waals surface area (Å²) in [4.78, 5) is 18.8. The third-order valence-electron chi connectivity index (χ3n) is 4.19. The van der Waals surface area contributed by atoms with Crippen LogP contribution in [0.4, 0.5) is 0 Å². The zero-order chi connectivity index (χ0) is 13.1. The number of carbonyl (C=O) groups excluding carboxylic acids is 1. The van der Waals surface area contributed by atoms with Crippen molar-refractivity contribution in [3.63, 3.8) is 0 Å². The lowest BCUT2D eigenvalue weighted by Gasteiger charge is -2.32. The van der Waals surface area contributed by atoms with Gasteiger partial charge in [-0.2, -0.15) is 0 Å². The van der Waals surface area contributed by atoms with Gasteiger partial charge in [-0.25, -0.2) is 0 Å². The molecule has 0 aromatic heterocycles. The van der Waals surface area contributed by atoms with Crippen LogP contribution in [0, 0.1) is 0 Å². The fourth-order valence-corrected chi connectivity index (χ4v) is 2.91. The third kappa shape index (κ3) is 3.43. The molecule has 2 unspecified atom stereocenters. The summed E-state index contributed by atoms with van der Waals surface area (Å²) in [5, 5.41) is 3.44. The van der Waals surface area contributed by atoms with Gasteiger partial charge < -0.3 is 20.0 Å². The molecule has 2 rings (SSSR count). The molecule has 0 radical (unpaired) electrons. The molecule has 18 heavy (non-hydrogen) atoms. The van der Waals surface area contributed by atoms with Gasteiger partial charge in [-0.3, -0.25) is 4.79 Å². The zero-order valence-corrected chi connectivity index (χ0v) is 11.9. The van der Waals surface area contributed by atoms with E-state index in [4.69, 9.17) is 0 Å². The second-order valence-corrected chi connectivity index (χ2v) is 5.83. The van der Waals surface area contributed by atoms with Crippen LogP contribution >= 0.6 is 0 Å². The Balaban J connectivity index is 1.80. The highest BCUT2D eigenvalue weighted by Gasteiger charge is 2.28. The standard InChI is InChI=1S/C13H26N4O/c1-15-6-4-12(10-15)17(3)13(18)8-11-9-16(2)7-5-14-11/h11-12,14H,4-10H2,1-3H3. The number of amides is 1. The van der Waals surface area contributed by atoms with Gasteiger partial charge in [0.1, 0.15) is 0 Å². The van der Waals surface area contributed by atoms with Gasteiger partial charge in [0.2, 0.25) is 5.91 Å². The maximum absolute atomic E-state index is 12.3. The molecule has 5 nitrogen and oxygen atoms in total. The molecule has 0 aromatic rings. The number of rotatable bonds is 3. The first-order chi connectivity index (χ1) is 8.56. The summed E-state index contributed by atoms with van der Waals surface area (Å²) in [6.07, 6.45) is 1.73. The van der Waals surface area contributed by atoms with E-state index < -0.39 is 0 Å². The van der Waals surface area contributed by atoms with Crippen molar-refractivity contribution in [3.05, 3.63) is 0 Å². The number of nitrogens with zero attached hydrogens (tertiary/aromatic N) is 3. The van der Waals surface area contributed by atoms with E-state index in [-0.39, 0.29) is 5.91 Å². The van der Waals surface area contributed by atoms with Crippen LogP contribution in [-0.2, 0) is 4.79 Å². The van der Waals surface area contributed by atoms with Crippen molar-refractivity contribution in [1.29, 1.82) is 0 Å². The molecule has 2 aliphatic heterocycles. The summed E-state index contributed by atoms with van der Waals surface area (Å²) in [7, 11) is 6.20. The topological polar surface area (TPSA) is 38.8 Å². The Morgan fingerprint density at radius 3 is 2.61 bits per heavy atom. The predicted molar refractivity (Wildman–Crippen MR) is 72.6 cm³/mol. The van der Waals surface area contributed by atoms with Crippen LogP contribution < -0.4 is 5.32 Å². The molecule has 0 aliphatic carbocycles. The number of piperazine rings is 1. The van der Waals surface area contributed by atoms with Gasteiger partial charge in [-0.1, -0.05) is 0 Å². The van der Waals surface area contributed by atoms with Crippen LogP contribution in [0.15, 0.2) is 0 Å². The average molecular weight is 254 g/mol. The molecule has 0 bridgehead atoms. The van der Waals surface area contributed by atoms with E-state index in [2.05, 4.69) is 29.2 Å².